The Balaban J connectivity index is 1.16. The van der Waals surface area contributed by atoms with Crippen LogP contribution in [0.2, 0.25) is 0 Å². The lowest BCUT2D eigenvalue weighted by Gasteiger charge is -2.18. The topological polar surface area (TPSA) is 93.5 Å². The van der Waals surface area contributed by atoms with E-state index in [0.717, 1.165) is 65.9 Å². The summed E-state index contributed by atoms with van der Waals surface area (Å²) in [7, 11) is 0. The number of aryl methyl sites for hydroxylation is 2. The van der Waals surface area contributed by atoms with Crippen molar-refractivity contribution >= 4 is 22.8 Å². The number of rotatable bonds is 7. The van der Waals surface area contributed by atoms with Gasteiger partial charge >= 0.3 is 0 Å². The highest BCUT2D eigenvalue weighted by Gasteiger charge is 2.25. The smallest absolute Gasteiger partial charge is 0.261 e. The van der Waals surface area contributed by atoms with E-state index in [9.17, 15) is 4.79 Å². The number of imidazole rings is 1. The molecule has 0 bridgehead atoms. The second-order valence-corrected chi connectivity index (χ2v) is 9.47. The minimum Gasteiger partial charge on any atom is -0.464 e. The van der Waals surface area contributed by atoms with Crippen molar-refractivity contribution in [3.05, 3.63) is 88.0 Å². The molecule has 0 radical (unpaired) electrons. The van der Waals surface area contributed by atoms with Crippen LogP contribution in [-0.2, 0) is 13.0 Å². The van der Waals surface area contributed by atoms with E-state index in [0.29, 0.717) is 18.6 Å². The predicted octanol–water partition coefficient (Wildman–Crippen LogP) is 3.43. The Morgan fingerprint density at radius 1 is 1.11 bits per heavy atom. The van der Waals surface area contributed by atoms with Gasteiger partial charge in [-0.3, -0.25) is 13.8 Å². The first kappa shape index (κ1) is 22.5. The van der Waals surface area contributed by atoms with Gasteiger partial charge in [0.15, 0.2) is 5.65 Å². The van der Waals surface area contributed by atoms with Crippen LogP contribution in [0.5, 0.6) is 0 Å². The SMILES string of the molecule is Cc1ccc(Cn2c(NC3CCN(CCc4c(C)nc5ccccn5c4=O)C3)nc3cccnc32)o1. The van der Waals surface area contributed by atoms with E-state index in [-0.39, 0.29) is 11.6 Å². The van der Waals surface area contributed by atoms with Gasteiger partial charge < -0.3 is 14.6 Å². The zero-order valence-corrected chi connectivity index (χ0v) is 20.5. The first-order valence-electron chi connectivity index (χ1n) is 12.4. The molecule has 1 N–H and O–H groups in total. The third-order valence-electron chi connectivity index (χ3n) is 6.93. The molecule has 0 aliphatic carbocycles. The van der Waals surface area contributed by atoms with Crippen LogP contribution in [0.15, 0.2) is 64.1 Å². The van der Waals surface area contributed by atoms with Crippen LogP contribution in [0.1, 0.15) is 29.2 Å². The summed E-state index contributed by atoms with van der Waals surface area (Å²) in [4.78, 5) is 29.4. The summed E-state index contributed by atoms with van der Waals surface area (Å²) in [6.45, 7) is 7.12. The van der Waals surface area contributed by atoms with Crippen LogP contribution in [0.25, 0.3) is 16.8 Å². The molecular formula is C27H29N7O2. The van der Waals surface area contributed by atoms with Gasteiger partial charge in [0.05, 0.1) is 6.54 Å². The van der Waals surface area contributed by atoms with Gasteiger partial charge in [0, 0.05) is 49.3 Å². The van der Waals surface area contributed by atoms with Crippen LogP contribution in [0.4, 0.5) is 5.95 Å². The Morgan fingerprint density at radius 2 is 2.03 bits per heavy atom. The lowest BCUT2D eigenvalue weighted by atomic mass is 10.1. The van der Waals surface area contributed by atoms with Gasteiger partial charge in [-0.2, -0.15) is 0 Å². The maximum absolute atomic E-state index is 13.0. The highest BCUT2D eigenvalue weighted by atomic mass is 16.3. The van der Waals surface area contributed by atoms with Gasteiger partial charge in [0.2, 0.25) is 5.95 Å². The Hall–Kier alpha value is -3.98. The molecule has 0 spiro atoms. The monoisotopic (exact) mass is 483 g/mol. The van der Waals surface area contributed by atoms with Gasteiger partial charge in [0.25, 0.3) is 5.56 Å². The number of aromatic nitrogens is 5. The second-order valence-electron chi connectivity index (χ2n) is 9.47. The average Bonchev–Trinajstić information content (AvgIpc) is 3.59. The summed E-state index contributed by atoms with van der Waals surface area (Å²) in [5.41, 5.74) is 4.02. The van der Waals surface area contributed by atoms with Crippen LogP contribution in [-0.4, -0.2) is 54.5 Å². The number of likely N-dealkylation sites (tertiary alicyclic amines) is 1. The Bertz CT molecular complexity index is 1600. The summed E-state index contributed by atoms with van der Waals surface area (Å²) in [5, 5.41) is 3.65. The fourth-order valence-electron chi connectivity index (χ4n) is 5.07. The molecule has 6 rings (SSSR count). The molecule has 0 amide bonds. The molecule has 5 aromatic rings. The average molecular weight is 484 g/mol. The molecule has 1 unspecified atom stereocenters. The molecule has 0 aromatic carbocycles. The van der Waals surface area contributed by atoms with E-state index in [2.05, 4.69) is 24.8 Å². The summed E-state index contributed by atoms with van der Waals surface area (Å²) in [5.74, 6) is 2.57. The quantitative estimate of drug-likeness (QED) is 0.379. The van der Waals surface area contributed by atoms with E-state index in [4.69, 9.17) is 9.40 Å². The number of fused-ring (bicyclic) bond motifs is 2. The van der Waals surface area contributed by atoms with E-state index in [1.807, 2.05) is 56.3 Å². The summed E-state index contributed by atoms with van der Waals surface area (Å²) in [6.07, 6.45) is 5.27. The molecule has 1 saturated heterocycles. The zero-order valence-electron chi connectivity index (χ0n) is 20.5. The second kappa shape index (κ2) is 9.23. The minimum absolute atomic E-state index is 0.0290. The van der Waals surface area contributed by atoms with Crippen molar-refractivity contribution in [2.75, 3.05) is 25.0 Å². The summed E-state index contributed by atoms with van der Waals surface area (Å²) >= 11 is 0. The van der Waals surface area contributed by atoms with E-state index in [1.165, 1.54) is 0 Å². The van der Waals surface area contributed by atoms with Crippen molar-refractivity contribution in [2.45, 2.75) is 39.3 Å². The van der Waals surface area contributed by atoms with Gasteiger partial charge in [-0.15, -0.1) is 0 Å². The summed E-state index contributed by atoms with van der Waals surface area (Å²) < 4.78 is 9.54. The number of nitrogens with one attached hydrogen (secondary N) is 1. The third-order valence-corrected chi connectivity index (χ3v) is 6.93. The Labute approximate surface area is 208 Å². The van der Waals surface area contributed by atoms with E-state index in [1.54, 1.807) is 16.8 Å². The van der Waals surface area contributed by atoms with E-state index < -0.39 is 0 Å². The van der Waals surface area contributed by atoms with Crippen molar-refractivity contribution in [1.29, 1.82) is 0 Å². The van der Waals surface area contributed by atoms with Gasteiger partial charge in [-0.25, -0.2) is 15.0 Å². The molecule has 1 fully saturated rings. The number of anilines is 1. The standard InChI is InChI=1S/C27H29N7O2/c1-18-8-9-21(36-18)17-34-25-23(6-5-12-28-25)31-27(34)30-20-10-14-32(16-20)15-11-22-19(2)29-24-7-3-4-13-33(24)26(22)35/h3-9,12-13,20H,10-11,14-17H2,1-2H3,(H,30,31). The number of hydrogen-bond acceptors (Lipinski definition) is 7. The fraction of sp³-hybridized carbons (Fsp3) is 0.333. The highest BCUT2D eigenvalue weighted by molar-refractivity contribution is 5.74. The van der Waals surface area contributed by atoms with Crippen molar-refractivity contribution in [3.63, 3.8) is 0 Å². The summed E-state index contributed by atoms with van der Waals surface area (Å²) in [6, 6.07) is 13.8. The number of pyridine rings is 2. The first-order chi connectivity index (χ1) is 17.5. The Kier molecular flexibility index (Phi) is 5.77. The van der Waals surface area contributed by atoms with Gasteiger partial charge in [0.1, 0.15) is 22.7 Å². The molecule has 6 heterocycles. The molecule has 5 aromatic heterocycles. The molecule has 1 atom stereocenters. The highest BCUT2D eigenvalue weighted by Crippen LogP contribution is 2.23. The normalized spacial score (nSPS) is 16.3. The molecule has 9 nitrogen and oxygen atoms in total. The van der Waals surface area contributed by atoms with Gasteiger partial charge in [-0.05, 0) is 63.1 Å². The molecule has 1 aliphatic heterocycles. The Morgan fingerprint density at radius 3 is 2.89 bits per heavy atom. The molecule has 36 heavy (non-hydrogen) atoms. The van der Waals surface area contributed by atoms with Crippen LogP contribution in [0, 0.1) is 13.8 Å². The van der Waals surface area contributed by atoms with Crippen molar-refractivity contribution in [3.8, 4) is 0 Å². The van der Waals surface area contributed by atoms with Crippen molar-refractivity contribution in [1.82, 2.24) is 28.8 Å². The fourth-order valence-corrected chi connectivity index (χ4v) is 5.07. The molecular weight excluding hydrogens is 454 g/mol. The van der Waals surface area contributed by atoms with E-state index >= 15 is 0 Å². The van der Waals surface area contributed by atoms with Crippen LogP contribution >= 0.6 is 0 Å². The zero-order chi connectivity index (χ0) is 24.6. The minimum atomic E-state index is 0.0290. The number of nitrogens with zero attached hydrogens (tertiary/aromatic N) is 6. The maximum atomic E-state index is 13.0. The van der Waals surface area contributed by atoms with Crippen LogP contribution < -0.4 is 10.9 Å². The number of hydrogen-bond donors (Lipinski definition) is 1. The first-order valence-corrected chi connectivity index (χ1v) is 12.4. The van der Waals surface area contributed by atoms with Crippen molar-refractivity contribution in [2.24, 2.45) is 0 Å². The molecule has 0 saturated carbocycles. The van der Waals surface area contributed by atoms with Crippen LogP contribution in [0.3, 0.4) is 0 Å². The molecule has 1 aliphatic rings. The van der Waals surface area contributed by atoms with Crippen molar-refractivity contribution < 1.29 is 4.42 Å². The number of furan rings is 1. The third kappa shape index (κ3) is 4.26. The molecule has 184 valence electrons. The molecule has 9 heteroatoms. The lowest BCUT2D eigenvalue weighted by Crippen LogP contribution is -2.30. The van der Waals surface area contributed by atoms with Gasteiger partial charge in [-0.1, -0.05) is 6.07 Å². The largest absolute Gasteiger partial charge is 0.464 e. The predicted molar refractivity (Wildman–Crippen MR) is 138 cm³/mol. The lowest BCUT2D eigenvalue weighted by molar-refractivity contribution is 0.339. The maximum Gasteiger partial charge on any atom is 0.261 e.